The molecule has 7 nitrogen and oxygen atoms in total. The Morgan fingerprint density at radius 2 is 1.76 bits per heavy atom. The highest BCUT2D eigenvalue weighted by Gasteiger charge is 2.41. The summed E-state index contributed by atoms with van der Waals surface area (Å²) in [6, 6.07) is 17.3. The lowest BCUT2D eigenvalue weighted by molar-refractivity contribution is -0.150. The highest BCUT2D eigenvalue weighted by molar-refractivity contribution is 8.00. The monoisotopic (exact) mass is 484 g/mol. The minimum Gasteiger partial charge on any atom is -0.480 e. The minimum absolute atomic E-state index is 0.0152. The normalized spacial score (nSPS) is 19.4. The van der Waals surface area contributed by atoms with E-state index in [9.17, 15) is 19.5 Å². The maximum atomic E-state index is 13.3. The lowest BCUT2D eigenvalue weighted by Crippen LogP contribution is -2.53. The van der Waals surface area contributed by atoms with Crippen LogP contribution in [0.4, 0.5) is 0 Å². The molecule has 0 bridgehead atoms. The molecule has 2 aromatic carbocycles. The van der Waals surface area contributed by atoms with Gasteiger partial charge in [-0.15, -0.1) is 11.8 Å². The fraction of sp³-hybridized carbons (Fsp3) is 0.423. The summed E-state index contributed by atoms with van der Waals surface area (Å²) < 4.78 is 5.22. The van der Waals surface area contributed by atoms with Crippen LogP contribution in [-0.2, 0) is 25.5 Å². The van der Waals surface area contributed by atoms with E-state index in [-0.39, 0.29) is 17.8 Å². The summed E-state index contributed by atoms with van der Waals surface area (Å²) in [6.07, 6.45) is 1.49. The Kier molecular flexibility index (Phi) is 9.53. The van der Waals surface area contributed by atoms with Crippen molar-refractivity contribution in [3.63, 3.8) is 0 Å². The molecule has 0 radical (unpaired) electrons. The van der Waals surface area contributed by atoms with E-state index in [2.05, 4.69) is 5.32 Å². The number of amides is 1. The van der Waals surface area contributed by atoms with E-state index in [1.807, 2.05) is 60.7 Å². The molecule has 2 aromatic rings. The van der Waals surface area contributed by atoms with Crippen molar-refractivity contribution in [1.29, 1.82) is 0 Å². The number of carbonyl (C=O) groups is 3. The molecular formula is C26H32N2O5S. The molecule has 3 rings (SSSR count). The first-order chi connectivity index (χ1) is 16.4. The number of hydrogen-bond acceptors (Lipinski definition) is 6. The minimum atomic E-state index is -1.01. The van der Waals surface area contributed by atoms with Crippen LogP contribution in [0.2, 0.25) is 0 Å². The molecule has 1 amide bonds. The Bertz CT molecular complexity index is 956. The van der Waals surface area contributed by atoms with Crippen molar-refractivity contribution in [1.82, 2.24) is 10.2 Å². The van der Waals surface area contributed by atoms with Gasteiger partial charge in [0.05, 0.1) is 12.6 Å². The van der Waals surface area contributed by atoms with Gasteiger partial charge < -0.3 is 14.7 Å². The Morgan fingerprint density at radius 1 is 1.12 bits per heavy atom. The summed E-state index contributed by atoms with van der Waals surface area (Å²) in [5.41, 5.74) is 1.09. The number of carboxylic acids is 1. The Hall–Kier alpha value is -2.84. The van der Waals surface area contributed by atoms with Crippen molar-refractivity contribution in [3.05, 3.63) is 66.2 Å². The van der Waals surface area contributed by atoms with Gasteiger partial charge in [-0.3, -0.25) is 14.9 Å². The van der Waals surface area contributed by atoms with Crippen LogP contribution in [0.1, 0.15) is 32.3 Å². The van der Waals surface area contributed by atoms with Gasteiger partial charge >= 0.3 is 11.9 Å². The number of esters is 1. The number of carbonyl (C=O) groups excluding carboxylic acids is 2. The molecule has 1 aliphatic rings. The number of nitrogens with zero attached hydrogens (tertiary/aromatic N) is 1. The maximum absolute atomic E-state index is 13.3. The van der Waals surface area contributed by atoms with Crippen LogP contribution in [0.25, 0.3) is 0 Å². The van der Waals surface area contributed by atoms with Gasteiger partial charge in [0.1, 0.15) is 12.1 Å². The summed E-state index contributed by atoms with van der Waals surface area (Å²) in [7, 11) is 0. The zero-order valence-electron chi connectivity index (χ0n) is 19.6. The number of aliphatic carboxylic acids is 1. The number of carboxylic acid groups (broad SMARTS) is 1. The Morgan fingerprint density at radius 3 is 2.38 bits per heavy atom. The van der Waals surface area contributed by atoms with Crippen molar-refractivity contribution >= 4 is 29.6 Å². The lowest BCUT2D eigenvalue weighted by atomic mass is 10.0. The quantitative estimate of drug-likeness (QED) is 0.472. The molecule has 0 spiro atoms. The Labute approximate surface area is 204 Å². The third kappa shape index (κ3) is 7.08. The van der Waals surface area contributed by atoms with Gasteiger partial charge in [0.15, 0.2) is 0 Å². The molecular weight excluding hydrogens is 452 g/mol. The molecule has 2 unspecified atom stereocenters. The fourth-order valence-corrected chi connectivity index (χ4v) is 5.35. The first-order valence-corrected chi connectivity index (χ1v) is 12.5. The van der Waals surface area contributed by atoms with Crippen LogP contribution in [0.15, 0.2) is 65.6 Å². The molecule has 1 heterocycles. The van der Waals surface area contributed by atoms with Gasteiger partial charge in [-0.05, 0) is 50.8 Å². The SMILES string of the molecule is CCOC(=O)C(CCc1ccccc1)N[C@@H](C)C(=O)N1CC(Sc2ccccc2)C[C@H]1C(=O)O. The maximum Gasteiger partial charge on any atom is 0.326 e. The van der Waals surface area contributed by atoms with E-state index >= 15 is 0 Å². The van der Waals surface area contributed by atoms with E-state index in [0.29, 0.717) is 25.8 Å². The zero-order valence-corrected chi connectivity index (χ0v) is 20.4. The summed E-state index contributed by atoms with van der Waals surface area (Å²) in [6.45, 7) is 4.01. The third-order valence-electron chi connectivity index (χ3n) is 5.83. The number of ether oxygens (including phenoxy) is 1. The standard InChI is InChI=1S/C26H32N2O5S/c1-3-33-26(32)22(15-14-19-10-6-4-7-11-19)27-18(2)24(29)28-17-21(16-23(28)25(30)31)34-20-12-8-5-9-13-20/h4-13,18,21-23,27H,3,14-17H2,1-2H3,(H,30,31)/t18-,21?,22?,23-/m0/s1. The van der Waals surface area contributed by atoms with Crippen molar-refractivity contribution in [2.24, 2.45) is 0 Å². The van der Waals surface area contributed by atoms with E-state index < -0.39 is 30.1 Å². The molecule has 34 heavy (non-hydrogen) atoms. The number of likely N-dealkylation sites (tertiary alicyclic amines) is 1. The second kappa shape index (κ2) is 12.6. The highest BCUT2D eigenvalue weighted by atomic mass is 32.2. The molecule has 8 heteroatoms. The number of hydrogen-bond donors (Lipinski definition) is 2. The second-order valence-electron chi connectivity index (χ2n) is 8.35. The number of aryl methyl sites for hydroxylation is 1. The van der Waals surface area contributed by atoms with Gasteiger partial charge in [-0.2, -0.15) is 0 Å². The average Bonchev–Trinajstić information content (AvgIpc) is 3.26. The van der Waals surface area contributed by atoms with Gasteiger partial charge in [0, 0.05) is 16.7 Å². The molecule has 4 atom stereocenters. The van der Waals surface area contributed by atoms with Crippen LogP contribution in [0.3, 0.4) is 0 Å². The van der Waals surface area contributed by atoms with Crippen LogP contribution in [0, 0.1) is 0 Å². The number of benzene rings is 2. The Balaban J connectivity index is 1.66. The molecule has 1 aliphatic heterocycles. The second-order valence-corrected chi connectivity index (χ2v) is 9.72. The summed E-state index contributed by atoms with van der Waals surface area (Å²) in [4.78, 5) is 40.2. The largest absolute Gasteiger partial charge is 0.480 e. The predicted octanol–water partition coefficient (Wildman–Crippen LogP) is 3.38. The number of nitrogens with one attached hydrogen (secondary N) is 1. The smallest absolute Gasteiger partial charge is 0.326 e. The van der Waals surface area contributed by atoms with E-state index in [1.165, 1.54) is 4.90 Å². The summed E-state index contributed by atoms with van der Waals surface area (Å²) in [5.74, 6) is -1.74. The van der Waals surface area contributed by atoms with Crippen LogP contribution >= 0.6 is 11.8 Å². The first-order valence-electron chi connectivity index (χ1n) is 11.6. The van der Waals surface area contributed by atoms with Crippen LogP contribution in [-0.4, -0.2) is 64.4 Å². The lowest BCUT2D eigenvalue weighted by Gasteiger charge is -2.28. The topological polar surface area (TPSA) is 95.9 Å². The van der Waals surface area contributed by atoms with Crippen molar-refractivity contribution in [2.75, 3.05) is 13.2 Å². The molecule has 0 aliphatic carbocycles. The van der Waals surface area contributed by atoms with Gasteiger partial charge in [-0.25, -0.2) is 4.79 Å². The first kappa shape index (κ1) is 25.8. The van der Waals surface area contributed by atoms with Crippen molar-refractivity contribution in [2.45, 2.75) is 61.4 Å². The third-order valence-corrected chi connectivity index (χ3v) is 7.05. The fourth-order valence-electron chi connectivity index (χ4n) is 4.14. The van der Waals surface area contributed by atoms with Crippen molar-refractivity contribution < 1.29 is 24.2 Å². The van der Waals surface area contributed by atoms with E-state index in [0.717, 1.165) is 10.5 Å². The predicted molar refractivity (Wildman–Crippen MR) is 132 cm³/mol. The molecule has 2 N–H and O–H groups in total. The molecule has 0 aromatic heterocycles. The van der Waals surface area contributed by atoms with Gasteiger partial charge in [-0.1, -0.05) is 48.5 Å². The van der Waals surface area contributed by atoms with Crippen molar-refractivity contribution in [3.8, 4) is 0 Å². The molecule has 1 saturated heterocycles. The molecule has 0 saturated carbocycles. The number of rotatable bonds is 11. The number of thioether (sulfide) groups is 1. The molecule has 182 valence electrons. The average molecular weight is 485 g/mol. The molecule has 1 fully saturated rings. The van der Waals surface area contributed by atoms with E-state index in [4.69, 9.17) is 4.74 Å². The van der Waals surface area contributed by atoms with E-state index in [1.54, 1.807) is 25.6 Å². The van der Waals surface area contributed by atoms with Crippen LogP contribution < -0.4 is 5.32 Å². The summed E-state index contributed by atoms with van der Waals surface area (Å²) in [5, 5.41) is 12.8. The highest BCUT2D eigenvalue weighted by Crippen LogP contribution is 2.33. The summed E-state index contributed by atoms with van der Waals surface area (Å²) >= 11 is 1.58. The van der Waals surface area contributed by atoms with Gasteiger partial charge in [0.2, 0.25) is 5.91 Å². The van der Waals surface area contributed by atoms with Crippen LogP contribution in [0.5, 0.6) is 0 Å². The van der Waals surface area contributed by atoms with Gasteiger partial charge in [0.25, 0.3) is 0 Å². The zero-order chi connectivity index (χ0) is 24.5.